The number of aromatic nitrogens is 2. The van der Waals surface area contributed by atoms with Gasteiger partial charge in [0.25, 0.3) is 5.91 Å². The van der Waals surface area contributed by atoms with Crippen LogP contribution in [0.25, 0.3) is 11.3 Å². The van der Waals surface area contributed by atoms with Crippen LogP contribution in [-0.2, 0) is 14.4 Å². The van der Waals surface area contributed by atoms with Crippen LogP contribution in [0.3, 0.4) is 0 Å². The number of nitrogens with zero attached hydrogens (tertiary/aromatic N) is 4. The minimum absolute atomic E-state index is 0.0429. The van der Waals surface area contributed by atoms with Gasteiger partial charge in [0.15, 0.2) is 5.69 Å². The number of carbonyl (C=O) groups excluding carboxylic acids is 3. The molecule has 258 valence electrons. The number of alkyl halides is 3. The van der Waals surface area contributed by atoms with Crippen molar-refractivity contribution >= 4 is 58.5 Å². The van der Waals surface area contributed by atoms with E-state index in [1.54, 1.807) is 48.0 Å². The summed E-state index contributed by atoms with van der Waals surface area (Å²) in [6, 6.07) is 14.3. The van der Waals surface area contributed by atoms with E-state index >= 15 is 0 Å². The molecule has 1 aromatic heterocycles. The van der Waals surface area contributed by atoms with Gasteiger partial charge in [-0.3, -0.25) is 19.5 Å². The molecule has 3 heterocycles. The summed E-state index contributed by atoms with van der Waals surface area (Å²) in [6.45, 7) is 3.73. The van der Waals surface area contributed by atoms with Crippen molar-refractivity contribution in [3.05, 3.63) is 74.9 Å². The third-order valence-electron chi connectivity index (χ3n) is 8.56. The fraction of sp³-hybridized carbons (Fsp3) is 0.406. The Morgan fingerprint density at radius 2 is 1.52 bits per heavy atom. The van der Waals surface area contributed by atoms with Crippen LogP contribution in [0.15, 0.2) is 48.5 Å². The zero-order valence-electron chi connectivity index (χ0n) is 25.9. The maximum atomic E-state index is 13.7. The Morgan fingerprint density at radius 1 is 0.917 bits per heavy atom. The highest BCUT2D eigenvalue weighted by molar-refractivity contribution is 6.42. The average Bonchev–Trinajstić information content (AvgIpc) is 3.55. The minimum atomic E-state index is -5.08. The van der Waals surface area contributed by atoms with E-state index in [1.165, 1.54) is 0 Å². The normalized spacial score (nSPS) is 18.5. The van der Waals surface area contributed by atoms with E-state index in [2.05, 4.69) is 10.2 Å². The first kappa shape index (κ1) is 37.0. The molecule has 2 fully saturated rings. The zero-order valence-corrected chi connectivity index (χ0v) is 28.2. The second-order valence-electron chi connectivity index (χ2n) is 11.6. The van der Waals surface area contributed by atoms with Crippen LogP contribution in [0.1, 0.15) is 48.2 Å². The van der Waals surface area contributed by atoms with Gasteiger partial charge in [0.05, 0.1) is 15.7 Å². The predicted octanol–water partition coefficient (Wildman–Crippen LogP) is 6.39. The van der Waals surface area contributed by atoms with Crippen LogP contribution in [0.5, 0.6) is 0 Å². The molecule has 48 heavy (non-hydrogen) atoms. The lowest BCUT2D eigenvalue weighted by atomic mass is 9.84. The number of hydrogen-bond donors (Lipinski definition) is 2. The Morgan fingerprint density at radius 3 is 2.08 bits per heavy atom. The second kappa shape index (κ2) is 15.6. The van der Waals surface area contributed by atoms with Crippen LogP contribution < -0.4 is 0 Å². The average molecular weight is 731 g/mol. The molecule has 0 bridgehead atoms. The van der Waals surface area contributed by atoms with E-state index in [0.29, 0.717) is 66.2 Å². The van der Waals surface area contributed by atoms with Crippen molar-refractivity contribution in [2.45, 2.75) is 44.3 Å². The molecule has 0 saturated carbocycles. The standard InChI is InChI=1S/C30H32Cl3N5O3.C2HF3O2/c1-18(39)37-12-9-20(10-13-37)29(40)38-14-11-28(23(17-38)21-5-8-24(32)25(33)15-21)36(2)30(41)27-16-26(34-35-27)19-3-6-22(31)7-4-19;3-2(4,5)1(6)7/h3-8,15-16,20,23,28H,9-14,17H2,1-2H3,(H,34,35);(H,6,7)/t23-,28+;/m0./s1. The maximum Gasteiger partial charge on any atom is 0.490 e. The van der Waals surface area contributed by atoms with Crippen LogP contribution in [0.2, 0.25) is 15.1 Å². The molecule has 2 aromatic carbocycles. The van der Waals surface area contributed by atoms with Gasteiger partial charge in [-0.15, -0.1) is 0 Å². The van der Waals surface area contributed by atoms with E-state index in [0.717, 1.165) is 16.8 Å². The number of aliphatic carboxylic acids is 1. The molecule has 2 N–H and O–H groups in total. The molecule has 0 spiro atoms. The molecule has 0 unspecified atom stereocenters. The first-order valence-electron chi connectivity index (χ1n) is 14.9. The first-order valence-corrected chi connectivity index (χ1v) is 16.1. The van der Waals surface area contributed by atoms with Gasteiger partial charge in [-0.25, -0.2) is 4.79 Å². The third kappa shape index (κ3) is 9.00. The van der Waals surface area contributed by atoms with Gasteiger partial charge in [-0.2, -0.15) is 18.3 Å². The number of halogens is 6. The van der Waals surface area contributed by atoms with Gasteiger partial charge < -0.3 is 19.8 Å². The quantitative estimate of drug-likeness (QED) is 0.314. The molecule has 2 aliphatic heterocycles. The molecule has 0 aliphatic carbocycles. The van der Waals surface area contributed by atoms with Crippen molar-refractivity contribution in [3.8, 4) is 11.3 Å². The summed E-state index contributed by atoms with van der Waals surface area (Å²) in [7, 11) is 1.78. The summed E-state index contributed by atoms with van der Waals surface area (Å²) in [4.78, 5) is 53.3. The van der Waals surface area contributed by atoms with Crippen molar-refractivity contribution in [2.75, 3.05) is 33.2 Å². The summed E-state index contributed by atoms with van der Waals surface area (Å²) < 4.78 is 31.7. The van der Waals surface area contributed by atoms with Crippen LogP contribution in [-0.4, -0.2) is 99.1 Å². The number of carbonyl (C=O) groups is 4. The van der Waals surface area contributed by atoms with Crippen molar-refractivity contribution in [2.24, 2.45) is 5.92 Å². The lowest BCUT2D eigenvalue weighted by molar-refractivity contribution is -0.192. The van der Waals surface area contributed by atoms with E-state index in [1.807, 2.05) is 29.2 Å². The van der Waals surface area contributed by atoms with Crippen LogP contribution in [0.4, 0.5) is 13.2 Å². The number of benzene rings is 2. The number of likely N-dealkylation sites (tertiary alicyclic amines) is 2. The maximum absolute atomic E-state index is 13.7. The Bertz CT molecular complexity index is 1640. The SMILES string of the molecule is CC(=O)N1CCC(C(=O)N2CC[C@@H](N(C)C(=O)c3cc(-c4ccc(Cl)cc4)[nH]n3)[C@H](c3ccc(Cl)c(Cl)c3)C2)CC1.O=C(O)C(F)(F)F. The van der Waals surface area contributed by atoms with Crippen molar-refractivity contribution in [3.63, 3.8) is 0 Å². The molecular formula is C32H33Cl3F3N5O5. The molecule has 2 atom stereocenters. The van der Waals surface area contributed by atoms with E-state index in [4.69, 9.17) is 44.7 Å². The number of carboxylic acid groups (broad SMARTS) is 1. The molecule has 5 rings (SSSR count). The lowest BCUT2D eigenvalue weighted by Gasteiger charge is -2.44. The summed E-state index contributed by atoms with van der Waals surface area (Å²) in [5.41, 5.74) is 2.81. The van der Waals surface area contributed by atoms with Gasteiger partial charge in [-0.05, 0) is 60.7 Å². The number of carboxylic acids is 1. The molecule has 10 nitrogen and oxygen atoms in total. The molecule has 3 amide bonds. The lowest BCUT2D eigenvalue weighted by Crippen LogP contribution is -2.53. The Labute approximate surface area is 289 Å². The van der Waals surface area contributed by atoms with Crippen molar-refractivity contribution in [1.29, 1.82) is 0 Å². The number of amides is 3. The molecule has 2 aliphatic rings. The smallest absolute Gasteiger partial charge is 0.475 e. The summed E-state index contributed by atoms with van der Waals surface area (Å²) in [5, 5.41) is 15.9. The molecule has 0 radical (unpaired) electrons. The highest BCUT2D eigenvalue weighted by atomic mass is 35.5. The number of H-pyrrole nitrogens is 1. The number of piperidine rings is 2. The van der Waals surface area contributed by atoms with Crippen LogP contribution >= 0.6 is 34.8 Å². The number of rotatable bonds is 5. The van der Waals surface area contributed by atoms with Gasteiger partial charge >= 0.3 is 12.1 Å². The monoisotopic (exact) mass is 729 g/mol. The third-order valence-corrected chi connectivity index (χ3v) is 9.55. The number of aromatic amines is 1. The fourth-order valence-electron chi connectivity index (χ4n) is 5.91. The van der Waals surface area contributed by atoms with E-state index in [9.17, 15) is 27.6 Å². The largest absolute Gasteiger partial charge is 0.490 e. The van der Waals surface area contributed by atoms with E-state index < -0.39 is 12.1 Å². The van der Waals surface area contributed by atoms with Gasteiger partial charge in [0, 0.05) is 63.1 Å². The fourth-order valence-corrected chi connectivity index (χ4v) is 6.35. The molecule has 3 aromatic rings. The topological polar surface area (TPSA) is 127 Å². The van der Waals surface area contributed by atoms with Crippen molar-refractivity contribution < 1.29 is 37.5 Å². The molecule has 2 saturated heterocycles. The Balaban J connectivity index is 0.000000671. The number of likely N-dealkylation sites (N-methyl/N-ethyl adjacent to an activating group) is 1. The number of nitrogens with one attached hydrogen (secondary N) is 1. The predicted molar refractivity (Wildman–Crippen MR) is 174 cm³/mol. The zero-order chi connectivity index (χ0) is 35.3. The Kier molecular flexibility index (Phi) is 12.0. The first-order chi connectivity index (χ1) is 22.6. The highest BCUT2D eigenvalue weighted by Gasteiger charge is 2.40. The van der Waals surface area contributed by atoms with Crippen LogP contribution in [0, 0.1) is 5.92 Å². The van der Waals surface area contributed by atoms with Crippen molar-refractivity contribution in [1.82, 2.24) is 24.9 Å². The summed E-state index contributed by atoms with van der Waals surface area (Å²) >= 11 is 18.6. The van der Waals surface area contributed by atoms with Gasteiger partial charge in [-0.1, -0.05) is 53.0 Å². The second-order valence-corrected chi connectivity index (χ2v) is 12.8. The number of hydrogen-bond acceptors (Lipinski definition) is 5. The van der Waals surface area contributed by atoms with Gasteiger partial charge in [0.2, 0.25) is 11.8 Å². The van der Waals surface area contributed by atoms with Gasteiger partial charge in [0.1, 0.15) is 0 Å². The summed E-state index contributed by atoms with van der Waals surface area (Å²) in [6.07, 6.45) is -3.17. The minimum Gasteiger partial charge on any atom is -0.475 e. The molecular weight excluding hydrogens is 698 g/mol. The Hall–Kier alpha value is -3.81. The van der Waals surface area contributed by atoms with E-state index in [-0.39, 0.29) is 35.6 Å². The highest BCUT2D eigenvalue weighted by Crippen LogP contribution is 2.36. The summed E-state index contributed by atoms with van der Waals surface area (Å²) in [5.74, 6) is -3.12. The molecule has 16 heteroatoms.